The van der Waals surface area contributed by atoms with Crippen LogP contribution in [-0.4, -0.2) is 40.9 Å². The minimum Gasteiger partial charge on any atom is -0.481 e. The lowest BCUT2D eigenvalue weighted by atomic mass is 9.84. The predicted molar refractivity (Wildman–Crippen MR) is 79.5 cm³/mol. The van der Waals surface area contributed by atoms with Gasteiger partial charge in [-0.25, -0.2) is 0 Å². The average molecular weight is 310 g/mol. The number of hydrogen-bond acceptors (Lipinski definition) is 4. The number of amides is 2. The molecule has 0 radical (unpaired) electrons. The Kier molecular flexibility index (Phi) is 4.32. The molecule has 1 saturated heterocycles. The molecule has 0 aromatic carbocycles. The summed E-state index contributed by atoms with van der Waals surface area (Å²) in [7, 11) is 0. The van der Waals surface area contributed by atoms with Gasteiger partial charge in [0, 0.05) is 20.0 Å². The summed E-state index contributed by atoms with van der Waals surface area (Å²) in [5.41, 5.74) is -0.826. The molecule has 2 amide bonds. The van der Waals surface area contributed by atoms with E-state index in [-0.39, 0.29) is 18.4 Å². The summed E-state index contributed by atoms with van der Waals surface area (Å²) in [6.07, 6.45) is 0.988. The van der Waals surface area contributed by atoms with E-state index in [1.54, 1.807) is 17.0 Å². The van der Waals surface area contributed by atoms with E-state index in [1.165, 1.54) is 18.3 Å². The molecule has 0 saturated carbocycles. The van der Waals surface area contributed by atoms with Gasteiger partial charge in [0.15, 0.2) is 0 Å². The van der Waals surface area contributed by atoms with E-state index in [9.17, 15) is 19.5 Å². The molecule has 0 aliphatic carbocycles. The number of aliphatic carboxylic acids is 1. The highest BCUT2D eigenvalue weighted by atomic mass is 32.1. The Labute approximate surface area is 126 Å². The van der Waals surface area contributed by atoms with Gasteiger partial charge >= 0.3 is 5.97 Å². The van der Waals surface area contributed by atoms with Crippen molar-refractivity contribution < 1.29 is 19.5 Å². The molecule has 2 heterocycles. The highest BCUT2D eigenvalue weighted by Crippen LogP contribution is 2.35. The number of thiophene rings is 1. The van der Waals surface area contributed by atoms with Gasteiger partial charge in [0.25, 0.3) is 5.91 Å². The number of carboxylic acids is 1. The number of carbonyl (C=O) groups excluding carboxylic acids is 2. The van der Waals surface area contributed by atoms with Crippen LogP contribution in [0.2, 0.25) is 0 Å². The number of carbonyl (C=O) groups is 3. The van der Waals surface area contributed by atoms with Crippen LogP contribution in [-0.2, 0) is 9.59 Å². The largest absolute Gasteiger partial charge is 0.481 e. The summed E-state index contributed by atoms with van der Waals surface area (Å²) in [4.78, 5) is 36.9. The normalized spacial score (nSPS) is 21.3. The average Bonchev–Trinajstić information content (AvgIpc) is 3.04. The molecule has 2 rings (SSSR count). The van der Waals surface area contributed by atoms with Crippen molar-refractivity contribution in [3.63, 3.8) is 0 Å². The van der Waals surface area contributed by atoms with Gasteiger partial charge in [0.1, 0.15) is 0 Å². The minimum atomic E-state index is -0.842. The van der Waals surface area contributed by atoms with Crippen molar-refractivity contribution in [2.24, 2.45) is 5.41 Å². The third-order valence-electron chi connectivity index (χ3n) is 3.89. The first-order chi connectivity index (χ1) is 9.88. The van der Waals surface area contributed by atoms with E-state index in [4.69, 9.17) is 0 Å². The van der Waals surface area contributed by atoms with Crippen LogP contribution in [0.5, 0.6) is 0 Å². The molecule has 1 fully saturated rings. The maximum Gasteiger partial charge on any atom is 0.311 e. The molecule has 0 bridgehead atoms. The first-order valence-corrected chi connectivity index (χ1v) is 7.60. The highest BCUT2D eigenvalue weighted by molar-refractivity contribution is 7.18. The number of rotatable bonds is 4. The number of nitrogens with one attached hydrogen (secondary N) is 1. The molecule has 114 valence electrons. The lowest BCUT2D eigenvalue weighted by Gasteiger charge is -2.22. The number of hydrogen-bond donors (Lipinski definition) is 2. The van der Waals surface area contributed by atoms with Crippen LogP contribution < -0.4 is 5.32 Å². The van der Waals surface area contributed by atoms with Crippen LogP contribution in [0.1, 0.15) is 36.4 Å². The summed E-state index contributed by atoms with van der Waals surface area (Å²) < 4.78 is 0. The Morgan fingerprint density at radius 2 is 2.14 bits per heavy atom. The summed E-state index contributed by atoms with van der Waals surface area (Å²) in [6, 6.07) is 3.34. The van der Waals surface area contributed by atoms with Gasteiger partial charge in [-0.1, -0.05) is 6.92 Å². The molecular formula is C14H18N2O4S. The summed E-state index contributed by atoms with van der Waals surface area (Å²) >= 11 is 1.20. The van der Waals surface area contributed by atoms with Crippen molar-refractivity contribution in [3.8, 4) is 0 Å². The molecule has 1 aromatic heterocycles. The number of carboxylic acid groups (broad SMARTS) is 1. The third kappa shape index (κ3) is 3.07. The monoisotopic (exact) mass is 310 g/mol. The van der Waals surface area contributed by atoms with E-state index in [2.05, 4.69) is 5.32 Å². The zero-order valence-corrected chi connectivity index (χ0v) is 12.8. The van der Waals surface area contributed by atoms with Crippen molar-refractivity contribution >= 4 is 34.1 Å². The molecule has 0 spiro atoms. The maximum atomic E-state index is 12.4. The van der Waals surface area contributed by atoms with Crippen LogP contribution >= 0.6 is 11.3 Å². The van der Waals surface area contributed by atoms with Gasteiger partial charge in [-0.2, -0.15) is 0 Å². The maximum absolute atomic E-state index is 12.4. The van der Waals surface area contributed by atoms with E-state index in [0.717, 1.165) is 0 Å². The molecule has 2 N–H and O–H groups in total. The Hall–Kier alpha value is -1.89. The van der Waals surface area contributed by atoms with Crippen LogP contribution in [0.25, 0.3) is 0 Å². The van der Waals surface area contributed by atoms with E-state index in [0.29, 0.717) is 29.3 Å². The summed E-state index contributed by atoms with van der Waals surface area (Å²) in [6.45, 7) is 3.93. The van der Waals surface area contributed by atoms with E-state index < -0.39 is 11.4 Å². The molecule has 1 unspecified atom stereocenters. The fourth-order valence-electron chi connectivity index (χ4n) is 2.51. The van der Waals surface area contributed by atoms with Crippen LogP contribution in [0, 0.1) is 5.41 Å². The molecule has 6 nitrogen and oxygen atoms in total. The highest BCUT2D eigenvalue weighted by Gasteiger charge is 2.45. The molecule has 7 heteroatoms. The third-order valence-corrected chi connectivity index (χ3v) is 4.88. The number of nitrogens with zero attached hydrogens (tertiary/aromatic N) is 1. The Bertz CT molecular complexity index is 583. The fraction of sp³-hybridized carbons (Fsp3) is 0.500. The van der Waals surface area contributed by atoms with Crippen molar-refractivity contribution in [2.75, 3.05) is 18.4 Å². The van der Waals surface area contributed by atoms with Gasteiger partial charge in [0.05, 0.1) is 15.3 Å². The van der Waals surface area contributed by atoms with Crippen molar-refractivity contribution in [1.29, 1.82) is 0 Å². The second kappa shape index (κ2) is 5.85. The van der Waals surface area contributed by atoms with Crippen molar-refractivity contribution in [3.05, 3.63) is 17.0 Å². The van der Waals surface area contributed by atoms with Gasteiger partial charge < -0.3 is 15.3 Å². The molecule has 1 aromatic rings. The second-order valence-corrected chi connectivity index (χ2v) is 6.34. The number of anilines is 1. The predicted octanol–water partition coefficient (Wildman–Crippen LogP) is 2.03. The van der Waals surface area contributed by atoms with Crippen LogP contribution in [0.4, 0.5) is 5.00 Å². The molecule has 1 aliphatic heterocycles. The zero-order valence-electron chi connectivity index (χ0n) is 12.0. The second-order valence-electron chi connectivity index (χ2n) is 5.26. The molecule has 1 aliphatic rings. The lowest BCUT2D eigenvalue weighted by molar-refractivity contribution is -0.148. The first kappa shape index (κ1) is 15.5. The molecule has 1 atom stereocenters. The van der Waals surface area contributed by atoms with Crippen LogP contribution in [0.15, 0.2) is 12.1 Å². The van der Waals surface area contributed by atoms with Crippen LogP contribution in [0.3, 0.4) is 0 Å². The smallest absolute Gasteiger partial charge is 0.311 e. The van der Waals surface area contributed by atoms with Gasteiger partial charge in [-0.3, -0.25) is 14.4 Å². The number of likely N-dealkylation sites (tertiary alicyclic amines) is 1. The minimum absolute atomic E-state index is 0.173. The van der Waals surface area contributed by atoms with E-state index >= 15 is 0 Å². The molecule has 21 heavy (non-hydrogen) atoms. The molecular weight excluding hydrogens is 292 g/mol. The topological polar surface area (TPSA) is 86.7 Å². The quantitative estimate of drug-likeness (QED) is 0.891. The Morgan fingerprint density at radius 1 is 1.43 bits per heavy atom. The van der Waals surface area contributed by atoms with Gasteiger partial charge in [0.2, 0.25) is 5.91 Å². The van der Waals surface area contributed by atoms with Gasteiger partial charge in [-0.15, -0.1) is 11.3 Å². The summed E-state index contributed by atoms with van der Waals surface area (Å²) in [5.74, 6) is -1.20. The SMILES string of the molecule is CCC1(C(=O)O)CCN(C(=O)c2ccc(NC(C)=O)s2)C1. The Morgan fingerprint density at radius 3 is 2.67 bits per heavy atom. The first-order valence-electron chi connectivity index (χ1n) is 6.78. The van der Waals surface area contributed by atoms with Gasteiger partial charge in [-0.05, 0) is 25.0 Å². The summed E-state index contributed by atoms with van der Waals surface area (Å²) in [5, 5.41) is 12.6. The van der Waals surface area contributed by atoms with E-state index in [1.807, 2.05) is 6.92 Å². The standard InChI is InChI=1S/C14H18N2O4S/c1-3-14(13(19)20)6-7-16(8-14)12(18)10-4-5-11(21-10)15-9(2)17/h4-5H,3,6-8H2,1-2H3,(H,15,17)(H,19,20). The Balaban J connectivity index is 2.09. The van der Waals surface area contributed by atoms with Crippen molar-refractivity contribution in [2.45, 2.75) is 26.7 Å². The lowest BCUT2D eigenvalue weighted by Crippen LogP contribution is -2.36. The fourth-order valence-corrected chi connectivity index (χ4v) is 3.43. The zero-order chi connectivity index (χ0) is 15.6. The van der Waals surface area contributed by atoms with Crippen molar-refractivity contribution in [1.82, 2.24) is 4.90 Å².